The van der Waals surface area contributed by atoms with Crippen LogP contribution in [0.3, 0.4) is 0 Å². The van der Waals surface area contributed by atoms with E-state index in [9.17, 15) is 23.8 Å². The zero-order valence-electron chi connectivity index (χ0n) is 16.8. The fraction of sp³-hybridized carbons (Fsp3) is 0.409. The van der Waals surface area contributed by atoms with E-state index < -0.39 is 42.0 Å². The fourth-order valence-corrected chi connectivity index (χ4v) is 4.32. The van der Waals surface area contributed by atoms with Gasteiger partial charge in [-0.15, -0.1) is 0 Å². The van der Waals surface area contributed by atoms with Crippen molar-refractivity contribution in [3.05, 3.63) is 65.2 Å². The number of carbonyl (C=O) groups excluding carboxylic acids is 1. The van der Waals surface area contributed by atoms with Crippen LogP contribution in [0.4, 0.5) is 19.3 Å². The predicted molar refractivity (Wildman–Crippen MR) is 109 cm³/mol. The molecule has 9 heteroatoms. The van der Waals surface area contributed by atoms with Gasteiger partial charge in [0.2, 0.25) is 0 Å². The van der Waals surface area contributed by atoms with E-state index >= 15 is 0 Å². The number of nitrogens with zero attached hydrogens (tertiary/aromatic N) is 1. The molecule has 31 heavy (non-hydrogen) atoms. The van der Waals surface area contributed by atoms with Crippen LogP contribution in [0.25, 0.3) is 0 Å². The Labute approximate surface area is 178 Å². The molecule has 2 aliphatic rings. The number of nitrogens with one attached hydrogen (secondary N) is 2. The van der Waals surface area contributed by atoms with Crippen molar-refractivity contribution in [1.29, 1.82) is 0 Å². The molecule has 2 aromatic carbocycles. The fourth-order valence-electron chi connectivity index (χ4n) is 4.32. The zero-order chi connectivity index (χ0) is 22.0. The Morgan fingerprint density at radius 3 is 2.68 bits per heavy atom. The number of anilines is 1. The molecular weight excluding hydrogens is 408 g/mol. The maximum absolute atomic E-state index is 13.8. The zero-order valence-corrected chi connectivity index (χ0v) is 16.8. The normalized spacial score (nSPS) is 25.8. The average Bonchev–Trinajstić information content (AvgIpc) is 3.09. The lowest BCUT2D eigenvalue weighted by Gasteiger charge is -2.37. The van der Waals surface area contributed by atoms with Crippen LogP contribution in [0.15, 0.2) is 42.5 Å². The minimum Gasteiger partial charge on any atom is -0.394 e. The number of halogens is 2. The maximum atomic E-state index is 13.8. The van der Waals surface area contributed by atoms with Crippen LogP contribution in [-0.4, -0.2) is 65.2 Å². The number of fused-ring (bicyclic) bond motifs is 1. The van der Waals surface area contributed by atoms with Gasteiger partial charge in [0.15, 0.2) is 0 Å². The summed E-state index contributed by atoms with van der Waals surface area (Å²) in [6.45, 7) is 1.04. The molecule has 4 unspecified atom stereocenters. The van der Waals surface area contributed by atoms with E-state index in [1.165, 1.54) is 11.1 Å². The molecule has 1 saturated heterocycles. The Kier molecular flexibility index (Phi) is 6.47. The van der Waals surface area contributed by atoms with Crippen LogP contribution < -0.4 is 10.6 Å². The number of ether oxygens (including phenoxy) is 1. The second kappa shape index (κ2) is 9.27. The third kappa shape index (κ3) is 4.69. The third-order valence-electron chi connectivity index (χ3n) is 5.87. The molecule has 4 atom stereocenters. The summed E-state index contributed by atoms with van der Waals surface area (Å²) >= 11 is 0. The van der Waals surface area contributed by atoms with E-state index in [2.05, 4.69) is 21.6 Å². The standard InChI is InChI=1S/C22H25F2N3O4/c23-15-5-6-17(16(24)9-15)26-22(30)25-10-18-20(21(29)19(12-28)31-18)27-8-7-13-3-1-2-4-14(13)11-27/h1-6,9,18-21,28-29H,7-8,10-12H2,(H2,25,26,30). The molecular formula is C22H25F2N3O4. The lowest BCUT2D eigenvalue weighted by Crippen LogP contribution is -2.52. The molecule has 2 heterocycles. The summed E-state index contributed by atoms with van der Waals surface area (Å²) in [4.78, 5) is 14.3. The Morgan fingerprint density at radius 1 is 1.16 bits per heavy atom. The molecule has 0 aliphatic carbocycles. The van der Waals surface area contributed by atoms with Crippen molar-refractivity contribution in [3.63, 3.8) is 0 Å². The molecule has 0 bridgehead atoms. The van der Waals surface area contributed by atoms with Crippen LogP contribution in [0.2, 0.25) is 0 Å². The van der Waals surface area contributed by atoms with Crippen molar-refractivity contribution < 1.29 is 28.5 Å². The Bertz CT molecular complexity index is 945. The van der Waals surface area contributed by atoms with Gasteiger partial charge in [-0.25, -0.2) is 13.6 Å². The Morgan fingerprint density at radius 2 is 1.94 bits per heavy atom. The second-order valence-electron chi connectivity index (χ2n) is 7.83. The molecule has 0 radical (unpaired) electrons. The lowest BCUT2D eigenvalue weighted by molar-refractivity contribution is -0.0205. The first-order valence-corrected chi connectivity index (χ1v) is 10.2. The van der Waals surface area contributed by atoms with Crippen molar-refractivity contribution >= 4 is 11.7 Å². The lowest BCUT2D eigenvalue weighted by atomic mass is 9.95. The first-order valence-electron chi connectivity index (χ1n) is 10.2. The number of aliphatic hydroxyl groups excluding tert-OH is 2. The molecule has 0 saturated carbocycles. The Balaban J connectivity index is 1.41. The van der Waals surface area contributed by atoms with Gasteiger partial charge in [-0.1, -0.05) is 24.3 Å². The largest absolute Gasteiger partial charge is 0.394 e. The smallest absolute Gasteiger partial charge is 0.319 e. The summed E-state index contributed by atoms with van der Waals surface area (Å²) in [5, 5.41) is 25.3. The topological polar surface area (TPSA) is 94.1 Å². The SMILES string of the molecule is O=C(NCC1OC(CO)C(O)C1N1CCc2ccccc2C1)Nc1ccc(F)cc1F. The summed E-state index contributed by atoms with van der Waals surface area (Å²) in [7, 11) is 0. The molecule has 4 rings (SSSR count). The molecule has 2 aromatic rings. The minimum absolute atomic E-state index is 0.0466. The van der Waals surface area contributed by atoms with Gasteiger partial charge in [0.05, 0.1) is 24.4 Å². The summed E-state index contributed by atoms with van der Waals surface area (Å²) in [6, 6.07) is 9.86. The highest BCUT2D eigenvalue weighted by Crippen LogP contribution is 2.30. The number of carbonyl (C=O) groups is 1. The van der Waals surface area contributed by atoms with Gasteiger partial charge < -0.3 is 25.6 Å². The number of aliphatic hydroxyl groups is 2. The summed E-state index contributed by atoms with van der Waals surface area (Å²) in [5.41, 5.74) is 2.29. The molecule has 7 nitrogen and oxygen atoms in total. The predicted octanol–water partition coefficient (Wildman–Crippen LogP) is 1.63. The van der Waals surface area contributed by atoms with Crippen LogP contribution >= 0.6 is 0 Å². The highest BCUT2D eigenvalue weighted by molar-refractivity contribution is 5.89. The first kappa shape index (κ1) is 21.6. The van der Waals surface area contributed by atoms with Crippen LogP contribution in [-0.2, 0) is 17.7 Å². The molecule has 2 amide bonds. The van der Waals surface area contributed by atoms with Crippen molar-refractivity contribution in [1.82, 2.24) is 10.2 Å². The van der Waals surface area contributed by atoms with Gasteiger partial charge in [0.1, 0.15) is 23.8 Å². The van der Waals surface area contributed by atoms with E-state index in [0.29, 0.717) is 19.2 Å². The number of rotatable bonds is 5. The van der Waals surface area contributed by atoms with Gasteiger partial charge in [-0.05, 0) is 29.7 Å². The molecule has 4 N–H and O–H groups in total. The summed E-state index contributed by atoms with van der Waals surface area (Å²) in [6.07, 6.45) is -1.42. The maximum Gasteiger partial charge on any atom is 0.319 e. The number of urea groups is 1. The summed E-state index contributed by atoms with van der Waals surface area (Å²) < 4.78 is 32.6. The van der Waals surface area contributed by atoms with E-state index in [1.54, 1.807) is 0 Å². The van der Waals surface area contributed by atoms with Crippen molar-refractivity contribution in [2.45, 2.75) is 37.3 Å². The Hall–Kier alpha value is -2.59. The highest BCUT2D eigenvalue weighted by atomic mass is 19.1. The second-order valence-corrected chi connectivity index (χ2v) is 7.83. The van der Waals surface area contributed by atoms with Crippen LogP contribution in [0.1, 0.15) is 11.1 Å². The van der Waals surface area contributed by atoms with Crippen molar-refractivity contribution in [2.24, 2.45) is 0 Å². The van der Waals surface area contributed by atoms with E-state index in [-0.39, 0.29) is 18.8 Å². The number of hydrogen-bond donors (Lipinski definition) is 4. The number of amides is 2. The summed E-state index contributed by atoms with van der Waals surface area (Å²) in [5.74, 6) is -1.62. The van der Waals surface area contributed by atoms with Gasteiger partial charge >= 0.3 is 6.03 Å². The van der Waals surface area contributed by atoms with Gasteiger partial charge in [0, 0.05) is 25.7 Å². The average molecular weight is 433 g/mol. The van der Waals surface area contributed by atoms with E-state index in [1.807, 2.05) is 18.2 Å². The van der Waals surface area contributed by atoms with Crippen LogP contribution in [0.5, 0.6) is 0 Å². The quantitative estimate of drug-likeness (QED) is 0.575. The van der Waals surface area contributed by atoms with Crippen molar-refractivity contribution in [3.8, 4) is 0 Å². The van der Waals surface area contributed by atoms with E-state index in [4.69, 9.17) is 4.74 Å². The number of hydrogen-bond acceptors (Lipinski definition) is 5. The van der Waals surface area contributed by atoms with Crippen molar-refractivity contribution in [2.75, 3.05) is 25.0 Å². The van der Waals surface area contributed by atoms with Gasteiger partial charge in [0.25, 0.3) is 0 Å². The monoisotopic (exact) mass is 433 g/mol. The minimum atomic E-state index is -0.917. The highest BCUT2D eigenvalue weighted by Gasteiger charge is 2.46. The molecule has 166 valence electrons. The third-order valence-corrected chi connectivity index (χ3v) is 5.87. The molecule has 2 aliphatic heterocycles. The molecule has 0 spiro atoms. The number of benzene rings is 2. The van der Waals surface area contributed by atoms with E-state index in [0.717, 1.165) is 18.6 Å². The first-order chi connectivity index (χ1) is 15.0. The molecule has 0 aromatic heterocycles. The van der Waals surface area contributed by atoms with Gasteiger partial charge in [-0.3, -0.25) is 4.90 Å². The van der Waals surface area contributed by atoms with Gasteiger partial charge in [-0.2, -0.15) is 0 Å². The van der Waals surface area contributed by atoms with Crippen LogP contribution in [0, 0.1) is 11.6 Å². The molecule has 1 fully saturated rings.